The molecule has 0 unspecified atom stereocenters. The van der Waals surface area contributed by atoms with Gasteiger partial charge in [-0.25, -0.2) is 4.79 Å². The van der Waals surface area contributed by atoms with E-state index in [1.54, 1.807) is 27.9 Å². The van der Waals surface area contributed by atoms with E-state index in [0.717, 1.165) is 49.2 Å². The Morgan fingerprint density at radius 1 is 1.23 bits per heavy atom. The average molecular weight is 556 g/mol. The highest BCUT2D eigenvalue weighted by Crippen LogP contribution is 2.55. The number of carbonyl (C=O) groups is 1. The number of methoxy groups -OCH3 is 1. The number of esters is 1. The molecule has 0 amide bonds. The van der Waals surface area contributed by atoms with Gasteiger partial charge in [-0.3, -0.25) is 4.90 Å². The Morgan fingerprint density at radius 2 is 1.93 bits per heavy atom. The molecule has 4 atom stereocenters. The van der Waals surface area contributed by atoms with E-state index in [9.17, 15) is 15.0 Å². The molecule has 4 aliphatic rings. The van der Waals surface area contributed by atoms with Crippen LogP contribution in [0.2, 0.25) is 0 Å². The van der Waals surface area contributed by atoms with Crippen molar-refractivity contribution < 1.29 is 43.5 Å². The largest absolute Gasteiger partial charge is 0.497 e. The minimum atomic E-state index is -1.77. The van der Waals surface area contributed by atoms with E-state index in [1.165, 1.54) is 0 Å². The van der Waals surface area contributed by atoms with Crippen molar-refractivity contribution in [2.45, 2.75) is 76.0 Å². The molecule has 5 rings (SSSR count). The first-order valence-electron chi connectivity index (χ1n) is 13.6. The first-order valence-corrected chi connectivity index (χ1v) is 13.6. The predicted molar refractivity (Wildman–Crippen MR) is 141 cm³/mol. The van der Waals surface area contributed by atoms with Gasteiger partial charge in [-0.2, -0.15) is 9.59 Å². The third-order valence-electron chi connectivity index (χ3n) is 8.37. The molecule has 1 aromatic rings. The fraction of sp³-hybridized carbons (Fsp3) is 0.600. The van der Waals surface area contributed by atoms with Crippen molar-refractivity contribution in [3.05, 3.63) is 35.1 Å². The molecule has 1 saturated heterocycles. The summed E-state index contributed by atoms with van der Waals surface area (Å²) in [5.74, 6) is 6.97. The molecule has 3 aliphatic heterocycles. The highest BCUT2D eigenvalue weighted by molar-refractivity contribution is 5.80. The second-order valence-electron chi connectivity index (χ2n) is 11.3. The van der Waals surface area contributed by atoms with Crippen LogP contribution in [0, 0.1) is 17.3 Å². The van der Waals surface area contributed by atoms with Gasteiger partial charge in [-0.05, 0) is 75.4 Å². The number of fused-ring (bicyclic) bond motifs is 3. The van der Waals surface area contributed by atoms with E-state index in [-0.39, 0.29) is 43.8 Å². The summed E-state index contributed by atoms with van der Waals surface area (Å²) in [5, 5.41) is 20.8. The molecular formula is C30H37NO9. The molecule has 0 saturated carbocycles. The van der Waals surface area contributed by atoms with E-state index in [0.29, 0.717) is 11.5 Å². The summed E-state index contributed by atoms with van der Waals surface area (Å²) in [6, 6.07) is 4.09. The van der Waals surface area contributed by atoms with Crippen LogP contribution in [0.4, 0.5) is 0 Å². The molecule has 0 aromatic heterocycles. The molecule has 10 nitrogen and oxygen atoms in total. The van der Waals surface area contributed by atoms with E-state index in [1.807, 2.05) is 6.07 Å². The number of carbonyl (C=O) groups excluding carboxylic acids is 3. The fourth-order valence-electron chi connectivity index (χ4n) is 6.13. The number of hydrogen-bond donors (Lipinski definition) is 2. The van der Waals surface area contributed by atoms with E-state index >= 15 is 0 Å². The van der Waals surface area contributed by atoms with Gasteiger partial charge in [0.1, 0.15) is 5.76 Å². The van der Waals surface area contributed by atoms with Crippen molar-refractivity contribution in [2.24, 2.45) is 5.41 Å². The lowest BCUT2D eigenvalue weighted by molar-refractivity contribution is -0.191. The van der Waals surface area contributed by atoms with Gasteiger partial charge in [0.25, 0.3) is 0 Å². The lowest BCUT2D eigenvalue weighted by atomic mass is 9.77. The third kappa shape index (κ3) is 5.35. The van der Waals surface area contributed by atoms with Gasteiger partial charge in [0.05, 0.1) is 25.2 Å². The van der Waals surface area contributed by atoms with Crippen LogP contribution in [0.25, 0.3) is 0 Å². The van der Waals surface area contributed by atoms with Crippen molar-refractivity contribution in [3.8, 4) is 23.3 Å². The Labute approximate surface area is 234 Å². The second kappa shape index (κ2) is 11.6. The maximum Gasteiger partial charge on any atom is 0.373 e. The molecule has 1 aromatic carbocycles. The SMILES string of the molecule is CC[C@](O)(CC#CC(C)(C)CO)C(=O)O[C@@H]1C(OC)=C[C@]23CCCN2CCc2cc4c(cc2[C@H]13)OCO4.O=C=O. The summed E-state index contributed by atoms with van der Waals surface area (Å²) in [5.41, 5.74) is -0.517. The standard InChI is InChI=1S/C29H37NO7.CO2/c1-5-29(33,11-6-9-27(2,3)17-31)26(32)37-25-23(34-4)16-28-10-7-12-30(28)13-8-19-14-21-22(36-18-35-21)15-20(19)24(25)28;2-1-3/h14-16,24-25,31,33H,5,7-8,10-13,17-18H2,1-4H3;/t24-,25-,28+,29+;/m1./s1. The molecule has 1 spiro atoms. The average Bonchev–Trinajstić information content (AvgIpc) is 3.62. The fourth-order valence-corrected chi connectivity index (χ4v) is 6.13. The monoisotopic (exact) mass is 555 g/mol. The molecule has 10 heteroatoms. The van der Waals surface area contributed by atoms with E-state index < -0.39 is 23.1 Å². The minimum absolute atomic E-state index is 0.0816. The number of hydrogen-bond acceptors (Lipinski definition) is 10. The summed E-state index contributed by atoms with van der Waals surface area (Å²) in [7, 11) is 1.60. The number of rotatable bonds is 6. The summed E-state index contributed by atoms with van der Waals surface area (Å²) in [6.07, 6.45) is 4.58. The van der Waals surface area contributed by atoms with Crippen molar-refractivity contribution in [1.29, 1.82) is 0 Å². The van der Waals surface area contributed by atoms with Crippen LogP contribution in [0.1, 0.15) is 63.5 Å². The molecule has 0 bridgehead atoms. The smallest absolute Gasteiger partial charge is 0.373 e. The van der Waals surface area contributed by atoms with E-state index in [4.69, 9.17) is 28.5 Å². The summed E-state index contributed by atoms with van der Waals surface area (Å²) < 4.78 is 23.4. The minimum Gasteiger partial charge on any atom is -0.497 e. The van der Waals surface area contributed by atoms with Crippen LogP contribution in [0.5, 0.6) is 11.5 Å². The van der Waals surface area contributed by atoms with Crippen LogP contribution >= 0.6 is 0 Å². The molecule has 3 heterocycles. The Morgan fingerprint density at radius 3 is 2.58 bits per heavy atom. The van der Waals surface area contributed by atoms with Crippen LogP contribution in [-0.2, 0) is 30.3 Å². The normalized spacial score (nSPS) is 25.7. The van der Waals surface area contributed by atoms with Gasteiger partial charge in [-0.1, -0.05) is 18.8 Å². The van der Waals surface area contributed by atoms with Crippen LogP contribution in [0.3, 0.4) is 0 Å². The molecule has 216 valence electrons. The number of nitrogens with zero attached hydrogens (tertiary/aromatic N) is 1. The molecule has 2 N–H and O–H groups in total. The topological polar surface area (TPSA) is 132 Å². The van der Waals surface area contributed by atoms with E-state index in [2.05, 4.69) is 28.9 Å². The number of aliphatic hydroxyl groups is 2. The zero-order chi connectivity index (χ0) is 29.1. The van der Waals surface area contributed by atoms with Gasteiger partial charge in [-0.15, -0.1) is 0 Å². The highest BCUT2D eigenvalue weighted by Gasteiger charge is 2.58. The first-order chi connectivity index (χ1) is 19.1. The van der Waals surface area contributed by atoms with Gasteiger partial charge in [0.15, 0.2) is 23.2 Å². The summed E-state index contributed by atoms with van der Waals surface area (Å²) in [4.78, 5) is 32.3. The van der Waals surface area contributed by atoms with Gasteiger partial charge in [0.2, 0.25) is 6.79 Å². The molecule has 1 aliphatic carbocycles. The van der Waals surface area contributed by atoms with Crippen molar-refractivity contribution in [3.63, 3.8) is 0 Å². The van der Waals surface area contributed by atoms with Crippen molar-refractivity contribution in [2.75, 3.05) is 33.6 Å². The number of aliphatic hydroxyl groups excluding tert-OH is 1. The molecule has 40 heavy (non-hydrogen) atoms. The van der Waals surface area contributed by atoms with Gasteiger partial charge < -0.3 is 29.2 Å². The lowest BCUT2D eigenvalue weighted by Crippen LogP contribution is -2.49. The molecule has 1 fully saturated rings. The number of ether oxygens (including phenoxy) is 4. The summed E-state index contributed by atoms with van der Waals surface area (Å²) in [6.45, 7) is 7.27. The van der Waals surface area contributed by atoms with Gasteiger partial charge >= 0.3 is 12.1 Å². The molecular weight excluding hydrogens is 518 g/mol. The summed E-state index contributed by atoms with van der Waals surface area (Å²) >= 11 is 0. The highest BCUT2D eigenvalue weighted by atomic mass is 16.7. The van der Waals surface area contributed by atoms with Crippen LogP contribution in [-0.4, -0.2) is 78.1 Å². The Hall–Kier alpha value is -3.35. The molecule has 0 radical (unpaired) electrons. The maximum absolute atomic E-state index is 13.6. The lowest BCUT2D eigenvalue weighted by Gasteiger charge is -2.39. The zero-order valence-corrected chi connectivity index (χ0v) is 23.5. The number of benzene rings is 1. The Balaban J connectivity index is 0.00000118. The zero-order valence-electron chi connectivity index (χ0n) is 23.5. The second-order valence-corrected chi connectivity index (χ2v) is 11.3. The third-order valence-corrected chi connectivity index (χ3v) is 8.37. The quantitative estimate of drug-likeness (QED) is 0.398. The Kier molecular flexibility index (Phi) is 8.62. The predicted octanol–water partition coefficient (Wildman–Crippen LogP) is 2.31. The van der Waals surface area contributed by atoms with Crippen molar-refractivity contribution in [1.82, 2.24) is 4.90 Å². The Bertz CT molecular complexity index is 1260. The van der Waals surface area contributed by atoms with Crippen molar-refractivity contribution >= 4 is 12.1 Å². The first kappa shape index (κ1) is 29.6. The van der Waals surface area contributed by atoms with Gasteiger partial charge in [0, 0.05) is 18.4 Å². The van der Waals surface area contributed by atoms with Crippen LogP contribution < -0.4 is 9.47 Å². The maximum atomic E-state index is 13.6. The van der Waals surface area contributed by atoms with Crippen LogP contribution in [0.15, 0.2) is 24.0 Å².